The van der Waals surface area contributed by atoms with Gasteiger partial charge in [0.25, 0.3) is 11.8 Å². The lowest BCUT2D eigenvalue weighted by Crippen LogP contribution is -2.48. The van der Waals surface area contributed by atoms with Gasteiger partial charge >= 0.3 is 0 Å². The van der Waals surface area contributed by atoms with Crippen LogP contribution in [0.15, 0.2) is 30.0 Å². The van der Waals surface area contributed by atoms with Crippen molar-refractivity contribution >= 4 is 18.2 Å². The molecular weight excluding hydrogens is 344 g/mol. The normalized spacial score (nSPS) is 17.3. The number of nitrogens with one attached hydrogen (secondary N) is 1. The second-order valence-corrected chi connectivity index (χ2v) is 6.98. The van der Waals surface area contributed by atoms with Gasteiger partial charge in [0.05, 0.1) is 0 Å². The van der Waals surface area contributed by atoms with Crippen molar-refractivity contribution in [1.29, 1.82) is 0 Å². The lowest BCUT2D eigenvalue weighted by atomic mass is 9.97. The molecule has 2 heterocycles. The summed E-state index contributed by atoms with van der Waals surface area (Å²) in [5.74, 6) is -0.392. The zero-order chi connectivity index (χ0) is 19.1. The molecule has 3 amide bonds. The zero-order valence-corrected chi connectivity index (χ0v) is 15.5. The highest BCUT2D eigenvalue weighted by Gasteiger charge is 2.22. The van der Waals surface area contributed by atoms with Gasteiger partial charge in [0.15, 0.2) is 0 Å². The molecule has 1 aromatic heterocycles. The van der Waals surface area contributed by atoms with Crippen LogP contribution in [0.3, 0.4) is 0 Å². The van der Waals surface area contributed by atoms with E-state index in [4.69, 9.17) is 0 Å². The summed E-state index contributed by atoms with van der Waals surface area (Å²) in [6.07, 6.45) is 10.2. The third-order valence-corrected chi connectivity index (χ3v) is 5.11. The molecule has 7 heteroatoms. The topological polar surface area (TPSA) is 82.6 Å². The smallest absolute Gasteiger partial charge is 0.269 e. The van der Waals surface area contributed by atoms with Crippen LogP contribution < -0.4 is 5.32 Å². The molecule has 144 valence electrons. The Labute approximate surface area is 159 Å². The Kier molecular flexibility index (Phi) is 6.57. The molecule has 1 fully saturated rings. The molecule has 0 saturated carbocycles. The number of amides is 3. The van der Waals surface area contributed by atoms with Crippen LogP contribution in [-0.4, -0.2) is 65.7 Å². The fourth-order valence-corrected chi connectivity index (χ4v) is 3.46. The highest BCUT2D eigenvalue weighted by molar-refractivity contribution is 5.98. The van der Waals surface area contributed by atoms with Crippen LogP contribution in [0.5, 0.6) is 0 Å². The molecule has 0 radical (unpaired) electrons. The first-order chi connectivity index (χ1) is 13.2. The minimum atomic E-state index is -0.258. The zero-order valence-electron chi connectivity index (χ0n) is 15.5. The van der Waals surface area contributed by atoms with Gasteiger partial charge in [0.2, 0.25) is 6.41 Å². The number of hydrogen-bond acceptors (Lipinski definition) is 4. The van der Waals surface area contributed by atoms with Gasteiger partial charge in [0.1, 0.15) is 5.69 Å². The minimum Gasteiger partial charge on any atom is -0.350 e. The van der Waals surface area contributed by atoms with Crippen LogP contribution in [0, 0.1) is 0 Å². The average Bonchev–Trinajstić information content (AvgIpc) is 2.74. The van der Waals surface area contributed by atoms with Gasteiger partial charge in [0, 0.05) is 44.5 Å². The van der Waals surface area contributed by atoms with E-state index in [2.05, 4.69) is 16.4 Å². The number of aromatic nitrogens is 1. The van der Waals surface area contributed by atoms with Crippen LogP contribution in [0.1, 0.15) is 53.0 Å². The highest BCUT2D eigenvalue weighted by Crippen LogP contribution is 2.19. The monoisotopic (exact) mass is 370 g/mol. The molecule has 0 spiro atoms. The Morgan fingerprint density at radius 1 is 1.19 bits per heavy atom. The maximum atomic E-state index is 12.6. The molecule has 0 bridgehead atoms. The van der Waals surface area contributed by atoms with Crippen molar-refractivity contribution in [2.45, 2.75) is 32.1 Å². The van der Waals surface area contributed by atoms with Crippen LogP contribution in [0.25, 0.3) is 0 Å². The van der Waals surface area contributed by atoms with Crippen LogP contribution in [0.4, 0.5) is 0 Å². The molecule has 27 heavy (non-hydrogen) atoms. The summed E-state index contributed by atoms with van der Waals surface area (Å²) in [5.41, 5.74) is 2.11. The Morgan fingerprint density at radius 2 is 2.00 bits per heavy atom. The number of allylic oxidation sites excluding steroid dienone is 1. The lowest BCUT2D eigenvalue weighted by molar-refractivity contribution is -0.119. The van der Waals surface area contributed by atoms with Crippen molar-refractivity contribution in [3.05, 3.63) is 41.2 Å². The van der Waals surface area contributed by atoms with E-state index < -0.39 is 0 Å². The molecular formula is C20H26N4O3. The summed E-state index contributed by atoms with van der Waals surface area (Å²) in [6.45, 7) is 2.64. The minimum absolute atomic E-state index is 0.135. The number of nitrogens with zero attached hydrogens (tertiary/aromatic N) is 3. The van der Waals surface area contributed by atoms with E-state index >= 15 is 0 Å². The fraction of sp³-hybridized carbons (Fsp3) is 0.500. The number of carbonyl (C=O) groups is 3. The Balaban J connectivity index is 1.54. The standard InChI is InChI=1S/C20H26N4O3/c25-15-23-10-12-24(13-11-23)20(27)17-7-9-21-18(14-17)19(26)22-8-6-16-4-2-1-3-5-16/h4,7,9,14-15H,1-3,5-6,8,10-13H2,(H,22,26). The van der Waals surface area contributed by atoms with E-state index in [-0.39, 0.29) is 17.5 Å². The quantitative estimate of drug-likeness (QED) is 0.609. The Morgan fingerprint density at radius 3 is 2.70 bits per heavy atom. The molecule has 3 rings (SSSR count). The summed E-state index contributed by atoms with van der Waals surface area (Å²) < 4.78 is 0. The van der Waals surface area contributed by atoms with Gasteiger partial charge < -0.3 is 15.1 Å². The second-order valence-electron chi connectivity index (χ2n) is 6.98. The second kappa shape index (κ2) is 9.30. The SMILES string of the molecule is O=CN1CCN(C(=O)c2ccnc(C(=O)NCCC3=CCCCC3)c2)CC1. The fourth-order valence-electron chi connectivity index (χ4n) is 3.46. The van der Waals surface area contributed by atoms with Crippen LogP contribution >= 0.6 is 0 Å². The molecule has 1 saturated heterocycles. The molecule has 1 aliphatic carbocycles. The molecule has 2 aliphatic rings. The van der Waals surface area contributed by atoms with E-state index in [1.807, 2.05) is 0 Å². The van der Waals surface area contributed by atoms with E-state index in [1.165, 1.54) is 24.6 Å². The Hall–Kier alpha value is -2.70. The number of piperazine rings is 1. The van der Waals surface area contributed by atoms with E-state index in [0.717, 1.165) is 25.7 Å². The van der Waals surface area contributed by atoms with Gasteiger partial charge in [-0.2, -0.15) is 0 Å². The van der Waals surface area contributed by atoms with Crippen molar-refractivity contribution in [3.8, 4) is 0 Å². The third-order valence-electron chi connectivity index (χ3n) is 5.11. The first-order valence-corrected chi connectivity index (χ1v) is 9.58. The van der Waals surface area contributed by atoms with Gasteiger partial charge in [-0.05, 0) is 44.2 Å². The number of hydrogen-bond donors (Lipinski definition) is 1. The van der Waals surface area contributed by atoms with Gasteiger partial charge in [-0.15, -0.1) is 0 Å². The van der Waals surface area contributed by atoms with E-state index in [0.29, 0.717) is 38.3 Å². The molecule has 7 nitrogen and oxygen atoms in total. The number of rotatable bonds is 6. The number of carbonyl (C=O) groups excluding carboxylic acids is 3. The van der Waals surface area contributed by atoms with E-state index in [9.17, 15) is 14.4 Å². The summed E-state index contributed by atoms with van der Waals surface area (Å²) in [6, 6.07) is 3.17. The molecule has 1 aliphatic heterocycles. The highest BCUT2D eigenvalue weighted by atomic mass is 16.2. The molecule has 0 atom stereocenters. The predicted molar refractivity (Wildman–Crippen MR) is 101 cm³/mol. The largest absolute Gasteiger partial charge is 0.350 e. The average molecular weight is 370 g/mol. The van der Waals surface area contributed by atoms with Crippen molar-refractivity contribution in [2.75, 3.05) is 32.7 Å². The van der Waals surface area contributed by atoms with Gasteiger partial charge in [-0.1, -0.05) is 11.6 Å². The van der Waals surface area contributed by atoms with Crippen LogP contribution in [-0.2, 0) is 4.79 Å². The first kappa shape index (κ1) is 19.1. The maximum absolute atomic E-state index is 12.6. The van der Waals surface area contributed by atoms with Crippen molar-refractivity contribution in [2.24, 2.45) is 0 Å². The molecule has 1 aromatic rings. The summed E-state index contributed by atoms with van der Waals surface area (Å²) in [5, 5.41) is 2.89. The van der Waals surface area contributed by atoms with Gasteiger partial charge in [-0.3, -0.25) is 19.4 Å². The first-order valence-electron chi connectivity index (χ1n) is 9.58. The van der Waals surface area contributed by atoms with E-state index in [1.54, 1.807) is 21.9 Å². The number of pyridine rings is 1. The van der Waals surface area contributed by atoms with Gasteiger partial charge in [-0.25, -0.2) is 0 Å². The lowest BCUT2D eigenvalue weighted by Gasteiger charge is -2.32. The third kappa shape index (κ3) is 5.15. The maximum Gasteiger partial charge on any atom is 0.269 e. The molecule has 0 unspecified atom stereocenters. The van der Waals surface area contributed by atoms with Crippen molar-refractivity contribution < 1.29 is 14.4 Å². The van der Waals surface area contributed by atoms with Crippen LogP contribution in [0.2, 0.25) is 0 Å². The summed E-state index contributed by atoms with van der Waals surface area (Å²) >= 11 is 0. The predicted octanol–water partition coefficient (Wildman–Crippen LogP) is 1.62. The molecule has 1 N–H and O–H groups in total. The summed E-state index contributed by atoms with van der Waals surface area (Å²) in [7, 11) is 0. The Bertz CT molecular complexity index is 724. The van der Waals surface area contributed by atoms with Crippen molar-refractivity contribution in [3.63, 3.8) is 0 Å². The van der Waals surface area contributed by atoms with Crippen molar-refractivity contribution in [1.82, 2.24) is 20.1 Å². The summed E-state index contributed by atoms with van der Waals surface area (Å²) in [4.78, 5) is 43.2. The molecule has 0 aromatic carbocycles.